The third-order valence-electron chi connectivity index (χ3n) is 1.52. The molecule has 12 heavy (non-hydrogen) atoms. The Morgan fingerprint density at radius 2 is 2.17 bits per heavy atom. The van der Waals surface area contributed by atoms with Crippen molar-refractivity contribution >= 4 is 5.69 Å². The van der Waals surface area contributed by atoms with Gasteiger partial charge in [-0.2, -0.15) is 0 Å². The number of aryl methyl sites for hydroxylation is 1. The average Bonchev–Trinajstić information content (AvgIpc) is 1.96. The van der Waals surface area contributed by atoms with Gasteiger partial charge < -0.3 is 10.6 Å². The Morgan fingerprint density at radius 3 is 2.67 bits per heavy atom. The number of nitrogens with zero attached hydrogens (tertiary/aromatic N) is 3. The lowest BCUT2D eigenvalue weighted by atomic mass is 10.4. The number of anilines is 1. The summed E-state index contributed by atoms with van der Waals surface area (Å²) in [5, 5.41) is 0. The van der Waals surface area contributed by atoms with Crippen LogP contribution in [-0.2, 0) is 6.54 Å². The number of nitrogens with two attached hydrogens (primary N) is 1. The third kappa shape index (κ3) is 2.17. The lowest BCUT2D eigenvalue weighted by Gasteiger charge is -2.08. The first-order valence-corrected chi connectivity index (χ1v) is 3.82. The van der Waals surface area contributed by atoms with E-state index in [2.05, 4.69) is 9.97 Å². The Morgan fingerprint density at radius 1 is 1.50 bits per heavy atom. The van der Waals surface area contributed by atoms with Gasteiger partial charge in [0, 0.05) is 0 Å². The normalized spacial score (nSPS) is 10.7. The van der Waals surface area contributed by atoms with Gasteiger partial charge in [0.1, 0.15) is 5.82 Å². The van der Waals surface area contributed by atoms with Crippen LogP contribution in [0.25, 0.3) is 0 Å². The zero-order valence-electron chi connectivity index (χ0n) is 7.70. The van der Waals surface area contributed by atoms with Crippen LogP contribution in [0.15, 0.2) is 6.20 Å². The molecule has 0 aliphatic heterocycles. The number of rotatable bonds is 2. The molecule has 0 radical (unpaired) electrons. The fourth-order valence-electron chi connectivity index (χ4n) is 0.883. The highest BCUT2D eigenvalue weighted by Gasteiger charge is 2.00. The van der Waals surface area contributed by atoms with Gasteiger partial charge in [-0.3, -0.25) is 0 Å². The molecule has 1 aromatic heterocycles. The summed E-state index contributed by atoms with van der Waals surface area (Å²) < 4.78 is 0. The molecular weight excluding hydrogens is 152 g/mol. The summed E-state index contributed by atoms with van der Waals surface area (Å²) in [6.07, 6.45) is 1.65. The van der Waals surface area contributed by atoms with Crippen LogP contribution in [0.4, 0.5) is 5.69 Å². The second-order valence-corrected chi connectivity index (χ2v) is 3.06. The SMILES string of the molecule is Cc1nc(CN(C)C)ncc1N. The van der Waals surface area contributed by atoms with E-state index >= 15 is 0 Å². The van der Waals surface area contributed by atoms with Crippen LogP contribution in [0.1, 0.15) is 11.5 Å². The van der Waals surface area contributed by atoms with Crippen molar-refractivity contribution in [2.24, 2.45) is 0 Å². The van der Waals surface area contributed by atoms with E-state index in [4.69, 9.17) is 5.73 Å². The Bertz CT molecular complexity index is 270. The first kappa shape index (κ1) is 8.93. The minimum atomic E-state index is 0.650. The van der Waals surface area contributed by atoms with E-state index < -0.39 is 0 Å². The molecule has 0 saturated heterocycles. The summed E-state index contributed by atoms with van der Waals surface area (Å²) in [5.41, 5.74) is 7.08. The van der Waals surface area contributed by atoms with Gasteiger partial charge in [-0.15, -0.1) is 0 Å². The monoisotopic (exact) mass is 166 g/mol. The summed E-state index contributed by atoms with van der Waals surface area (Å²) in [4.78, 5) is 10.4. The fourth-order valence-corrected chi connectivity index (χ4v) is 0.883. The van der Waals surface area contributed by atoms with Crippen LogP contribution in [0.5, 0.6) is 0 Å². The molecule has 1 aromatic rings. The first-order valence-electron chi connectivity index (χ1n) is 3.82. The van der Waals surface area contributed by atoms with Gasteiger partial charge in [0.05, 0.1) is 24.1 Å². The average molecular weight is 166 g/mol. The highest BCUT2D eigenvalue weighted by atomic mass is 15.1. The molecule has 0 amide bonds. The molecule has 0 spiro atoms. The minimum Gasteiger partial charge on any atom is -0.396 e. The van der Waals surface area contributed by atoms with Crippen LogP contribution in [-0.4, -0.2) is 29.0 Å². The van der Waals surface area contributed by atoms with E-state index in [1.54, 1.807) is 6.20 Å². The maximum absolute atomic E-state index is 5.58. The molecule has 0 fully saturated rings. The van der Waals surface area contributed by atoms with E-state index in [0.717, 1.165) is 18.1 Å². The van der Waals surface area contributed by atoms with Crippen LogP contribution in [0, 0.1) is 6.92 Å². The number of aromatic nitrogens is 2. The van der Waals surface area contributed by atoms with Crippen LogP contribution >= 0.6 is 0 Å². The van der Waals surface area contributed by atoms with Crippen LogP contribution < -0.4 is 5.73 Å². The maximum atomic E-state index is 5.58. The second kappa shape index (κ2) is 3.49. The smallest absolute Gasteiger partial charge is 0.142 e. The van der Waals surface area contributed by atoms with E-state index in [9.17, 15) is 0 Å². The van der Waals surface area contributed by atoms with E-state index in [1.165, 1.54) is 0 Å². The molecule has 0 aromatic carbocycles. The van der Waals surface area contributed by atoms with Crippen molar-refractivity contribution < 1.29 is 0 Å². The third-order valence-corrected chi connectivity index (χ3v) is 1.52. The highest BCUT2D eigenvalue weighted by molar-refractivity contribution is 5.38. The van der Waals surface area contributed by atoms with Gasteiger partial charge >= 0.3 is 0 Å². The van der Waals surface area contributed by atoms with Crippen molar-refractivity contribution in [1.82, 2.24) is 14.9 Å². The molecule has 1 heterocycles. The summed E-state index contributed by atoms with van der Waals surface area (Å²) in [6.45, 7) is 2.64. The van der Waals surface area contributed by atoms with Crippen molar-refractivity contribution in [1.29, 1.82) is 0 Å². The molecule has 0 aliphatic carbocycles. The molecule has 0 aliphatic rings. The van der Waals surface area contributed by atoms with Crippen LogP contribution in [0.2, 0.25) is 0 Å². The van der Waals surface area contributed by atoms with Crippen molar-refractivity contribution in [3.8, 4) is 0 Å². The van der Waals surface area contributed by atoms with Gasteiger partial charge in [-0.25, -0.2) is 9.97 Å². The fraction of sp³-hybridized carbons (Fsp3) is 0.500. The molecule has 2 N–H and O–H groups in total. The van der Waals surface area contributed by atoms with Crippen molar-refractivity contribution in [3.63, 3.8) is 0 Å². The number of hydrogen-bond acceptors (Lipinski definition) is 4. The molecule has 0 unspecified atom stereocenters. The summed E-state index contributed by atoms with van der Waals surface area (Å²) >= 11 is 0. The van der Waals surface area contributed by atoms with Gasteiger partial charge in [-0.1, -0.05) is 0 Å². The Hall–Kier alpha value is -1.16. The molecule has 66 valence electrons. The minimum absolute atomic E-state index is 0.650. The van der Waals surface area contributed by atoms with Gasteiger partial charge in [-0.05, 0) is 21.0 Å². The molecule has 1 rings (SSSR count). The summed E-state index contributed by atoms with van der Waals surface area (Å²) in [6, 6.07) is 0. The Labute approximate surface area is 72.4 Å². The zero-order valence-corrected chi connectivity index (χ0v) is 7.70. The number of nitrogen functional groups attached to an aromatic ring is 1. The molecule has 0 saturated carbocycles. The number of hydrogen-bond donors (Lipinski definition) is 1. The Kier molecular flexibility index (Phi) is 2.60. The van der Waals surface area contributed by atoms with Crippen molar-refractivity contribution in [3.05, 3.63) is 17.7 Å². The lowest BCUT2D eigenvalue weighted by Crippen LogP contribution is -2.14. The first-order chi connectivity index (χ1) is 5.59. The predicted octanol–water partition coefficient (Wildman–Crippen LogP) is 0.429. The lowest BCUT2D eigenvalue weighted by molar-refractivity contribution is 0.390. The molecule has 0 bridgehead atoms. The largest absolute Gasteiger partial charge is 0.396 e. The standard InChI is InChI=1S/C8H14N4/c1-6-7(9)4-10-8(11-6)5-12(2)3/h4H,5,9H2,1-3H3. The Balaban J connectivity index is 2.82. The van der Waals surface area contributed by atoms with Gasteiger partial charge in [0.25, 0.3) is 0 Å². The molecule has 0 atom stereocenters. The molecule has 4 heteroatoms. The van der Waals surface area contributed by atoms with E-state index in [0.29, 0.717) is 5.69 Å². The topological polar surface area (TPSA) is 55.0 Å². The van der Waals surface area contributed by atoms with E-state index in [1.807, 2.05) is 25.9 Å². The summed E-state index contributed by atoms with van der Waals surface area (Å²) in [7, 11) is 3.96. The maximum Gasteiger partial charge on any atom is 0.142 e. The quantitative estimate of drug-likeness (QED) is 0.692. The second-order valence-electron chi connectivity index (χ2n) is 3.06. The molecule has 4 nitrogen and oxygen atoms in total. The van der Waals surface area contributed by atoms with Gasteiger partial charge in [0.15, 0.2) is 0 Å². The van der Waals surface area contributed by atoms with Gasteiger partial charge in [0.2, 0.25) is 0 Å². The van der Waals surface area contributed by atoms with Crippen molar-refractivity contribution in [2.45, 2.75) is 13.5 Å². The highest BCUT2D eigenvalue weighted by Crippen LogP contribution is 2.05. The van der Waals surface area contributed by atoms with Crippen molar-refractivity contribution in [2.75, 3.05) is 19.8 Å². The summed E-state index contributed by atoms with van der Waals surface area (Å²) in [5.74, 6) is 0.812. The zero-order chi connectivity index (χ0) is 9.14. The predicted molar refractivity (Wildman–Crippen MR) is 48.6 cm³/mol. The van der Waals surface area contributed by atoms with Crippen LogP contribution in [0.3, 0.4) is 0 Å². The molecular formula is C8H14N4. The van der Waals surface area contributed by atoms with E-state index in [-0.39, 0.29) is 0 Å².